The summed E-state index contributed by atoms with van der Waals surface area (Å²) in [6, 6.07) is 40.7. The van der Waals surface area contributed by atoms with E-state index in [-0.39, 0.29) is 90.5 Å². The minimum atomic E-state index is -0.729. The molecule has 0 radical (unpaired) electrons. The van der Waals surface area contributed by atoms with Crippen LogP contribution in [0, 0.1) is 0 Å². The Hall–Kier alpha value is -11.5. The number of benzene rings is 8. The summed E-state index contributed by atoms with van der Waals surface area (Å²) in [4.78, 5) is 126. The molecule has 0 unspecified atom stereocenters. The first-order chi connectivity index (χ1) is 52.7. The Morgan fingerprint density at radius 3 is 0.491 bits per heavy atom. The number of carbonyl (C=O) groups is 8. The number of ether oxygens (including phenoxy) is 8. The van der Waals surface area contributed by atoms with Gasteiger partial charge in [0, 0.05) is 137 Å². The number of ketones is 8. The second-order valence-electron chi connectivity index (χ2n) is 29.6. The first-order valence-electron chi connectivity index (χ1n) is 38.6. The Bertz CT molecular complexity index is 4440. The molecule has 17 rings (SSSR count). The third-order valence-electron chi connectivity index (χ3n) is 22.8. The van der Waals surface area contributed by atoms with Gasteiger partial charge in [0.15, 0.2) is 0 Å². The van der Waals surface area contributed by atoms with Crippen LogP contribution < -0.4 is 37.9 Å². The third-order valence-corrected chi connectivity index (χ3v) is 22.8. The Morgan fingerprint density at radius 2 is 0.352 bits per heavy atom. The summed E-state index contributed by atoms with van der Waals surface area (Å²) in [5.41, 5.74) is 5.09. The predicted octanol–water partition coefficient (Wildman–Crippen LogP) is 20.7. The van der Waals surface area contributed by atoms with E-state index in [1.165, 1.54) is 0 Å². The zero-order valence-corrected chi connectivity index (χ0v) is 60.8. The van der Waals surface area contributed by atoms with E-state index in [1.54, 1.807) is 121 Å². The topological polar surface area (TPSA) is 210 Å². The van der Waals surface area contributed by atoms with E-state index in [0.717, 1.165) is 77.0 Å². The fraction of sp³-hybridized carbons (Fsp3) is 0.304. The Kier molecular flexibility index (Phi) is 18.4. The van der Waals surface area contributed by atoms with E-state index in [2.05, 4.69) is 27.7 Å². The number of hydrogen-bond acceptors (Lipinski definition) is 16. The van der Waals surface area contributed by atoms with Crippen LogP contribution in [0.3, 0.4) is 0 Å². The minimum Gasteiger partial charge on any atom is -0.449 e. The SMILES string of the molecule is CCCCCCC1c2cc3c4cc2OC2=C(Oc5cc6c(cc51)C(CCCCCC)c1cc5c(cc1OC1=C(O6)C(=O)c6ccccc6C1=O)OC1=C(Oc6cc(c(cc6C5CCCCCC)C3CCCCCC)OC3=C(O4)C(=O)c4ccccc4C3=O)C(=O)c3ccccc3C1=O)C(=O)c1ccccc1C2=O. The molecule has 544 valence electrons. The molecule has 5 aliphatic carbocycles. The van der Waals surface area contributed by atoms with Crippen LogP contribution in [0.2, 0.25) is 0 Å². The van der Waals surface area contributed by atoms with Crippen LogP contribution in [0.1, 0.15) is 307 Å². The largest absolute Gasteiger partial charge is 0.449 e. The van der Waals surface area contributed by atoms with Crippen molar-refractivity contribution in [2.45, 2.75) is 180 Å². The van der Waals surface area contributed by atoms with E-state index in [1.807, 2.05) is 24.3 Å². The van der Waals surface area contributed by atoms with Crippen LogP contribution in [0.5, 0.6) is 46.0 Å². The molecule has 4 heterocycles. The van der Waals surface area contributed by atoms with E-state index in [4.69, 9.17) is 37.9 Å². The van der Waals surface area contributed by atoms with Gasteiger partial charge in [-0.1, -0.05) is 227 Å². The van der Waals surface area contributed by atoms with Crippen LogP contribution in [-0.4, -0.2) is 46.3 Å². The van der Waals surface area contributed by atoms with Gasteiger partial charge in [0.05, 0.1) is 0 Å². The van der Waals surface area contributed by atoms with Gasteiger partial charge in [0.1, 0.15) is 46.0 Å². The first kappa shape index (κ1) is 69.5. The van der Waals surface area contributed by atoms with Gasteiger partial charge in [-0.2, -0.15) is 0 Å². The molecule has 0 fully saturated rings. The molecular formula is C92H80O16. The van der Waals surface area contributed by atoms with Crippen molar-refractivity contribution < 1.29 is 76.3 Å². The lowest BCUT2D eigenvalue weighted by Gasteiger charge is -2.30. The van der Waals surface area contributed by atoms with Crippen molar-refractivity contribution in [2.75, 3.05) is 0 Å². The molecular weight excluding hydrogens is 1360 g/mol. The summed E-state index contributed by atoms with van der Waals surface area (Å²) in [5.74, 6) is -10.8. The minimum absolute atomic E-state index is 0.0712. The van der Waals surface area contributed by atoms with E-state index < -0.39 is 116 Å². The Morgan fingerprint density at radius 1 is 0.204 bits per heavy atom. The third kappa shape index (κ3) is 11.8. The standard InChI is InChI=1S/C92H80O16/c1-5-9-13-17-29-49-61-41-63-50(30-18-14-10-6-2)65-43-67-52(32-20-16-12-8-4)68-44-66-51(31-19-15-11-7-3)64-42-62(49)70-46-72(64)104-88-80(96)56-36-24-26-38-58(56)82(98)90(88)106-74(66)48-76(68)108-92-84(100)60-40-28-27-39-59(60)83(99)91(92)107-75(67)47-73(65)105-89-81(97)57-37-25-23-35-55(57)79(95)87(89)103-71(63)45-69(61)101-85-77(93)53-33-21-22-34-54(53)78(94)86(85)102-70/h21-28,33-52H,5-20,29-32H2,1-4H3. The summed E-state index contributed by atoms with van der Waals surface area (Å²) >= 11 is 0. The molecule has 0 aromatic heterocycles. The molecule has 0 atom stereocenters. The smallest absolute Gasteiger partial charge is 0.233 e. The molecule has 16 nitrogen and oxygen atoms in total. The average Bonchev–Trinajstić information content (AvgIpc) is 1.49. The van der Waals surface area contributed by atoms with E-state index in [9.17, 15) is 0 Å². The van der Waals surface area contributed by atoms with Crippen molar-refractivity contribution in [1.82, 2.24) is 0 Å². The highest BCUT2D eigenvalue weighted by Gasteiger charge is 2.47. The maximum absolute atomic E-state index is 15.7. The quantitative estimate of drug-likeness (QED) is 0.0649. The van der Waals surface area contributed by atoms with Crippen LogP contribution >= 0.6 is 0 Å². The number of hydrogen-bond donors (Lipinski definition) is 0. The summed E-state index contributed by atoms with van der Waals surface area (Å²) in [7, 11) is 0. The van der Waals surface area contributed by atoms with Crippen molar-refractivity contribution in [3.05, 3.63) is 281 Å². The zero-order chi connectivity index (χ0) is 74.2. The number of unbranched alkanes of at least 4 members (excludes halogenated alkanes) is 12. The highest BCUT2D eigenvalue weighted by Crippen LogP contribution is 2.58. The molecule has 0 spiro atoms. The summed E-state index contributed by atoms with van der Waals surface area (Å²) < 4.78 is 58.0. The molecule has 108 heavy (non-hydrogen) atoms. The molecule has 9 aliphatic rings. The van der Waals surface area contributed by atoms with Crippen molar-refractivity contribution in [3.8, 4) is 46.0 Å². The molecule has 8 aromatic rings. The van der Waals surface area contributed by atoms with Gasteiger partial charge in [-0.25, -0.2) is 0 Å². The average molecular weight is 1440 g/mol. The van der Waals surface area contributed by atoms with E-state index >= 15 is 38.4 Å². The van der Waals surface area contributed by atoms with Gasteiger partial charge in [-0.05, 0) is 49.9 Å². The van der Waals surface area contributed by atoms with Crippen molar-refractivity contribution in [3.63, 3.8) is 0 Å². The number of rotatable bonds is 20. The lowest BCUT2D eigenvalue weighted by atomic mass is 9.76. The summed E-state index contributed by atoms with van der Waals surface area (Å²) in [6.07, 6.45) is 14.9. The molecule has 0 saturated carbocycles. The monoisotopic (exact) mass is 1440 g/mol. The van der Waals surface area contributed by atoms with Crippen molar-refractivity contribution in [2.24, 2.45) is 0 Å². The summed E-state index contributed by atoms with van der Waals surface area (Å²) in [5, 5.41) is 0. The normalized spacial score (nSPS) is 18.8. The van der Waals surface area contributed by atoms with Crippen LogP contribution in [0.25, 0.3) is 0 Å². The number of Topliss-reactive ketones (excluding diaryl/α,β-unsaturated/α-hetero) is 8. The maximum Gasteiger partial charge on any atom is 0.233 e. The highest BCUT2D eigenvalue weighted by molar-refractivity contribution is 6.28. The van der Waals surface area contributed by atoms with Crippen LogP contribution in [-0.2, 0) is 0 Å². The van der Waals surface area contributed by atoms with Gasteiger partial charge in [0.25, 0.3) is 0 Å². The van der Waals surface area contributed by atoms with Crippen molar-refractivity contribution in [1.29, 1.82) is 0 Å². The Labute approximate surface area is 625 Å². The first-order valence-corrected chi connectivity index (χ1v) is 38.6. The predicted molar refractivity (Wildman–Crippen MR) is 402 cm³/mol. The van der Waals surface area contributed by atoms with Gasteiger partial charge in [0.2, 0.25) is 92.3 Å². The molecule has 0 amide bonds. The van der Waals surface area contributed by atoms with Gasteiger partial charge in [-0.15, -0.1) is 0 Å². The maximum atomic E-state index is 15.7. The fourth-order valence-electron chi connectivity index (χ4n) is 17.2. The number of carbonyl (C=O) groups excluding carboxylic acids is 8. The molecule has 8 bridgehead atoms. The lowest BCUT2D eigenvalue weighted by Crippen LogP contribution is -2.28. The second-order valence-corrected chi connectivity index (χ2v) is 29.6. The Balaban J connectivity index is 1.06. The molecule has 0 saturated heterocycles. The summed E-state index contributed by atoms with van der Waals surface area (Å²) in [6.45, 7) is 8.58. The number of allylic oxidation sites excluding steroid dienone is 8. The zero-order valence-electron chi connectivity index (χ0n) is 60.8. The van der Waals surface area contributed by atoms with Gasteiger partial charge in [-0.3, -0.25) is 38.4 Å². The molecule has 0 N–H and O–H groups in total. The lowest BCUT2D eigenvalue weighted by molar-refractivity contribution is 0.0892. The van der Waals surface area contributed by atoms with Crippen LogP contribution in [0.15, 0.2) is 192 Å². The fourth-order valence-corrected chi connectivity index (χ4v) is 17.2. The van der Waals surface area contributed by atoms with Gasteiger partial charge >= 0.3 is 0 Å². The second kappa shape index (κ2) is 28.6. The molecule has 16 heteroatoms. The van der Waals surface area contributed by atoms with Crippen molar-refractivity contribution >= 4 is 46.3 Å². The molecule has 4 aliphatic heterocycles. The molecule has 8 aromatic carbocycles. The highest BCUT2D eigenvalue weighted by atomic mass is 16.6. The number of fused-ring (bicyclic) bond motifs is 4. The van der Waals surface area contributed by atoms with Crippen LogP contribution in [0.4, 0.5) is 0 Å². The van der Waals surface area contributed by atoms with E-state index in [0.29, 0.717) is 95.9 Å². The van der Waals surface area contributed by atoms with Gasteiger partial charge < -0.3 is 37.9 Å².